The molecule has 0 saturated carbocycles. The van der Waals surface area contributed by atoms with Crippen LogP contribution in [0.2, 0.25) is 0 Å². The van der Waals surface area contributed by atoms with Gasteiger partial charge in [-0.3, -0.25) is 0 Å². The molecule has 1 fully saturated rings. The molecule has 3 nitrogen and oxygen atoms in total. The Morgan fingerprint density at radius 1 is 1.50 bits per heavy atom. The van der Waals surface area contributed by atoms with Crippen molar-refractivity contribution < 1.29 is 4.42 Å². The van der Waals surface area contributed by atoms with Crippen LogP contribution in [0.4, 0.5) is 0 Å². The fraction of sp³-hybridized carbons (Fsp3) is 0.733. The summed E-state index contributed by atoms with van der Waals surface area (Å²) in [5, 5.41) is 3.49. The van der Waals surface area contributed by atoms with Crippen LogP contribution in [0, 0.1) is 12.8 Å². The van der Waals surface area contributed by atoms with Crippen LogP contribution < -0.4 is 5.32 Å². The fourth-order valence-corrected chi connectivity index (χ4v) is 2.77. The second-order valence-electron chi connectivity index (χ2n) is 5.59. The van der Waals surface area contributed by atoms with E-state index in [2.05, 4.69) is 23.3 Å². The van der Waals surface area contributed by atoms with E-state index in [1.807, 2.05) is 6.92 Å². The average molecular weight is 250 g/mol. The minimum absolute atomic E-state index is 0.905. The van der Waals surface area contributed by atoms with E-state index in [1.54, 1.807) is 6.26 Å². The monoisotopic (exact) mass is 250 g/mol. The molecular formula is C15H26N2O. The number of piperidine rings is 1. The van der Waals surface area contributed by atoms with Gasteiger partial charge in [0.15, 0.2) is 0 Å². The largest absolute Gasteiger partial charge is 0.469 e. The molecular weight excluding hydrogens is 224 g/mol. The van der Waals surface area contributed by atoms with Crippen LogP contribution in [0.1, 0.15) is 37.0 Å². The summed E-state index contributed by atoms with van der Waals surface area (Å²) in [6, 6.07) is 2.08. The zero-order valence-corrected chi connectivity index (χ0v) is 11.7. The predicted molar refractivity (Wildman–Crippen MR) is 74.6 cm³/mol. The Morgan fingerprint density at radius 2 is 2.39 bits per heavy atom. The third-order valence-electron chi connectivity index (χ3n) is 3.96. The number of furan rings is 1. The second-order valence-corrected chi connectivity index (χ2v) is 5.59. The first-order valence-corrected chi connectivity index (χ1v) is 7.18. The molecule has 102 valence electrons. The molecule has 2 rings (SSSR count). The molecule has 1 aliphatic heterocycles. The molecule has 0 spiro atoms. The van der Waals surface area contributed by atoms with Gasteiger partial charge in [-0.25, -0.2) is 0 Å². The summed E-state index contributed by atoms with van der Waals surface area (Å²) in [7, 11) is 2.20. The molecule has 1 aromatic rings. The molecule has 1 aromatic heterocycles. The van der Waals surface area contributed by atoms with Gasteiger partial charge in [-0.2, -0.15) is 0 Å². The van der Waals surface area contributed by atoms with Crippen LogP contribution >= 0.6 is 0 Å². The first-order valence-electron chi connectivity index (χ1n) is 7.18. The van der Waals surface area contributed by atoms with Crippen LogP contribution in [-0.4, -0.2) is 31.6 Å². The van der Waals surface area contributed by atoms with Gasteiger partial charge < -0.3 is 14.6 Å². The summed E-state index contributed by atoms with van der Waals surface area (Å²) >= 11 is 0. The maximum atomic E-state index is 5.33. The molecule has 0 radical (unpaired) electrons. The lowest BCUT2D eigenvalue weighted by Gasteiger charge is -2.23. The van der Waals surface area contributed by atoms with Crippen molar-refractivity contribution in [2.45, 2.75) is 39.2 Å². The van der Waals surface area contributed by atoms with Crippen molar-refractivity contribution in [3.05, 3.63) is 23.7 Å². The maximum absolute atomic E-state index is 5.33. The Balaban J connectivity index is 1.62. The Morgan fingerprint density at radius 3 is 3.06 bits per heavy atom. The second kappa shape index (κ2) is 6.95. The minimum Gasteiger partial charge on any atom is -0.469 e. The van der Waals surface area contributed by atoms with E-state index >= 15 is 0 Å². The fourth-order valence-electron chi connectivity index (χ4n) is 2.77. The summed E-state index contributed by atoms with van der Waals surface area (Å²) in [5.74, 6) is 1.96. The van der Waals surface area contributed by atoms with Crippen LogP contribution in [0.3, 0.4) is 0 Å². The van der Waals surface area contributed by atoms with Crippen LogP contribution in [0.25, 0.3) is 0 Å². The Kier molecular flexibility index (Phi) is 5.26. The van der Waals surface area contributed by atoms with Gasteiger partial charge in [-0.1, -0.05) is 0 Å². The summed E-state index contributed by atoms with van der Waals surface area (Å²) in [6.45, 7) is 6.67. The highest BCUT2D eigenvalue weighted by Gasteiger charge is 2.13. The van der Waals surface area contributed by atoms with E-state index in [0.717, 1.165) is 18.2 Å². The van der Waals surface area contributed by atoms with Crippen molar-refractivity contribution in [3.8, 4) is 0 Å². The quantitative estimate of drug-likeness (QED) is 0.841. The Labute approximate surface area is 111 Å². The SMILES string of the molecule is Cc1occc1CN(C)CCCC1CCCNC1. The van der Waals surface area contributed by atoms with Gasteiger partial charge in [0, 0.05) is 12.1 Å². The van der Waals surface area contributed by atoms with E-state index in [4.69, 9.17) is 4.42 Å². The van der Waals surface area contributed by atoms with Crippen molar-refractivity contribution in [3.63, 3.8) is 0 Å². The highest BCUT2D eigenvalue weighted by Crippen LogP contribution is 2.17. The molecule has 1 atom stereocenters. The minimum atomic E-state index is 0.905. The number of rotatable bonds is 6. The standard InChI is InChI=1S/C15H26N2O/c1-13-15(7-10-18-13)12-17(2)9-4-6-14-5-3-8-16-11-14/h7,10,14,16H,3-6,8-9,11-12H2,1-2H3. The van der Waals surface area contributed by atoms with Gasteiger partial charge in [0.05, 0.1) is 6.26 Å². The number of hydrogen-bond acceptors (Lipinski definition) is 3. The first-order chi connectivity index (χ1) is 8.75. The molecule has 2 heterocycles. The van der Waals surface area contributed by atoms with Crippen LogP contribution in [0.5, 0.6) is 0 Å². The molecule has 0 aliphatic carbocycles. The molecule has 1 unspecified atom stereocenters. The zero-order chi connectivity index (χ0) is 12.8. The molecule has 0 amide bonds. The van der Waals surface area contributed by atoms with Crippen molar-refractivity contribution in [1.82, 2.24) is 10.2 Å². The van der Waals surface area contributed by atoms with Gasteiger partial charge in [0.2, 0.25) is 0 Å². The van der Waals surface area contributed by atoms with Gasteiger partial charge in [-0.05, 0) is 71.3 Å². The zero-order valence-electron chi connectivity index (χ0n) is 11.7. The third-order valence-corrected chi connectivity index (χ3v) is 3.96. The molecule has 18 heavy (non-hydrogen) atoms. The topological polar surface area (TPSA) is 28.4 Å². The Hall–Kier alpha value is -0.800. The molecule has 1 N–H and O–H groups in total. The summed E-state index contributed by atoms with van der Waals surface area (Å²) in [6.07, 6.45) is 7.22. The van der Waals surface area contributed by atoms with E-state index in [0.29, 0.717) is 0 Å². The number of aryl methyl sites for hydroxylation is 1. The summed E-state index contributed by atoms with van der Waals surface area (Å²) < 4.78 is 5.33. The first kappa shape index (κ1) is 13.6. The number of nitrogens with one attached hydrogen (secondary N) is 1. The van der Waals surface area contributed by atoms with E-state index < -0.39 is 0 Å². The van der Waals surface area contributed by atoms with E-state index in [-0.39, 0.29) is 0 Å². The van der Waals surface area contributed by atoms with Crippen LogP contribution in [-0.2, 0) is 6.54 Å². The molecule has 0 bridgehead atoms. The lowest BCUT2D eigenvalue weighted by molar-refractivity contribution is 0.286. The lowest BCUT2D eigenvalue weighted by atomic mass is 9.95. The number of nitrogens with zero attached hydrogens (tertiary/aromatic N) is 1. The highest BCUT2D eigenvalue weighted by atomic mass is 16.3. The third kappa shape index (κ3) is 4.14. The van der Waals surface area contributed by atoms with Crippen molar-refractivity contribution in [2.75, 3.05) is 26.7 Å². The molecule has 1 saturated heterocycles. The van der Waals surface area contributed by atoms with Gasteiger partial charge in [0.1, 0.15) is 5.76 Å². The van der Waals surface area contributed by atoms with Crippen molar-refractivity contribution in [2.24, 2.45) is 5.92 Å². The molecule has 3 heteroatoms. The highest BCUT2D eigenvalue weighted by molar-refractivity contribution is 5.14. The van der Waals surface area contributed by atoms with E-state index in [1.165, 1.54) is 50.9 Å². The van der Waals surface area contributed by atoms with E-state index in [9.17, 15) is 0 Å². The van der Waals surface area contributed by atoms with Gasteiger partial charge in [-0.15, -0.1) is 0 Å². The van der Waals surface area contributed by atoms with Crippen molar-refractivity contribution in [1.29, 1.82) is 0 Å². The molecule has 0 aromatic carbocycles. The van der Waals surface area contributed by atoms with Gasteiger partial charge in [0.25, 0.3) is 0 Å². The van der Waals surface area contributed by atoms with Crippen molar-refractivity contribution >= 4 is 0 Å². The molecule has 1 aliphatic rings. The number of hydrogen-bond donors (Lipinski definition) is 1. The predicted octanol–water partition coefficient (Wildman–Crippen LogP) is 2.80. The van der Waals surface area contributed by atoms with Gasteiger partial charge >= 0.3 is 0 Å². The lowest BCUT2D eigenvalue weighted by Crippen LogP contribution is -2.30. The smallest absolute Gasteiger partial charge is 0.105 e. The normalized spacial score (nSPS) is 20.5. The van der Waals surface area contributed by atoms with Crippen LogP contribution in [0.15, 0.2) is 16.7 Å². The summed E-state index contributed by atoms with van der Waals surface area (Å²) in [5.41, 5.74) is 1.32. The average Bonchev–Trinajstić information content (AvgIpc) is 2.76. The summed E-state index contributed by atoms with van der Waals surface area (Å²) in [4.78, 5) is 2.40. The maximum Gasteiger partial charge on any atom is 0.105 e. The Bertz CT molecular complexity index is 342.